The number of hydrogen-bond acceptors (Lipinski definition) is 5. The summed E-state index contributed by atoms with van der Waals surface area (Å²) in [6.45, 7) is -0.249. The molecule has 40 heavy (non-hydrogen) atoms. The van der Waals surface area contributed by atoms with Crippen molar-refractivity contribution in [2.75, 3.05) is 11.9 Å². The van der Waals surface area contributed by atoms with E-state index in [-0.39, 0.29) is 10.6 Å². The van der Waals surface area contributed by atoms with Crippen molar-refractivity contribution < 1.29 is 32.3 Å². The monoisotopic (exact) mass is 562 g/mol. The van der Waals surface area contributed by atoms with Crippen molar-refractivity contribution in [3.63, 3.8) is 0 Å². The summed E-state index contributed by atoms with van der Waals surface area (Å²) in [4.78, 5) is 38.4. The SMILES string of the molecule is O=C(CN1C(=O)S/C(=C\c2ccc(OCc3cccc4ccccc34)cc2)C1=O)Nc1cccc(C(F)(F)F)c1. The lowest BCUT2D eigenvalue weighted by Crippen LogP contribution is -2.36. The van der Waals surface area contributed by atoms with Crippen LogP contribution in [0.25, 0.3) is 16.8 Å². The summed E-state index contributed by atoms with van der Waals surface area (Å²) in [6, 6.07) is 25.2. The normalized spacial score (nSPS) is 14.7. The molecule has 6 nitrogen and oxygen atoms in total. The van der Waals surface area contributed by atoms with E-state index in [9.17, 15) is 27.6 Å². The number of thioether (sulfide) groups is 1. The minimum Gasteiger partial charge on any atom is -0.489 e. The van der Waals surface area contributed by atoms with E-state index in [0.717, 1.165) is 39.4 Å². The van der Waals surface area contributed by atoms with Gasteiger partial charge in [-0.15, -0.1) is 0 Å². The summed E-state index contributed by atoms with van der Waals surface area (Å²) in [7, 11) is 0. The van der Waals surface area contributed by atoms with E-state index in [0.29, 0.717) is 29.7 Å². The third kappa shape index (κ3) is 6.18. The van der Waals surface area contributed by atoms with Crippen LogP contribution in [-0.4, -0.2) is 28.5 Å². The largest absolute Gasteiger partial charge is 0.489 e. The minimum absolute atomic E-state index is 0.0925. The number of hydrogen-bond donors (Lipinski definition) is 1. The van der Waals surface area contributed by atoms with Crippen LogP contribution in [0.2, 0.25) is 0 Å². The maximum Gasteiger partial charge on any atom is 0.416 e. The fourth-order valence-corrected chi connectivity index (χ4v) is 4.98. The average Bonchev–Trinajstić information content (AvgIpc) is 3.19. The number of carbonyl (C=O) groups is 3. The maximum atomic E-state index is 12.9. The average molecular weight is 563 g/mol. The predicted molar refractivity (Wildman–Crippen MR) is 147 cm³/mol. The van der Waals surface area contributed by atoms with Gasteiger partial charge in [0.25, 0.3) is 11.1 Å². The van der Waals surface area contributed by atoms with E-state index in [1.165, 1.54) is 12.1 Å². The van der Waals surface area contributed by atoms with E-state index in [1.807, 2.05) is 42.5 Å². The van der Waals surface area contributed by atoms with Crippen LogP contribution in [-0.2, 0) is 22.4 Å². The van der Waals surface area contributed by atoms with Crippen molar-refractivity contribution in [3.8, 4) is 5.75 Å². The second kappa shape index (κ2) is 11.3. The van der Waals surface area contributed by atoms with Crippen LogP contribution in [0.5, 0.6) is 5.75 Å². The number of carbonyl (C=O) groups excluding carboxylic acids is 3. The Balaban J connectivity index is 1.20. The number of rotatable bonds is 7. The molecule has 0 aromatic heterocycles. The van der Waals surface area contributed by atoms with Crippen molar-refractivity contribution in [3.05, 3.63) is 113 Å². The summed E-state index contributed by atoms with van der Waals surface area (Å²) >= 11 is 0.682. The lowest BCUT2D eigenvalue weighted by molar-refractivity contribution is -0.137. The van der Waals surface area contributed by atoms with Gasteiger partial charge in [0, 0.05) is 5.69 Å². The Bertz CT molecular complexity index is 1630. The summed E-state index contributed by atoms with van der Waals surface area (Å²) in [5.41, 5.74) is 0.679. The first-order valence-corrected chi connectivity index (χ1v) is 12.9. The molecule has 0 bridgehead atoms. The molecule has 1 fully saturated rings. The van der Waals surface area contributed by atoms with Crippen LogP contribution >= 0.6 is 11.8 Å². The standard InChI is InChI=1S/C30H21F3N2O4S/c31-30(32,33)22-8-4-9-23(16-22)34-27(36)17-35-28(37)26(40-29(35)38)15-19-11-13-24(14-12-19)39-18-21-7-3-6-20-5-1-2-10-25(20)21/h1-16H,17-18H2,(H,34,36)/b26-15-. The molecule has 4 aromatic rings. The Morgan fingerprint density at radius 2 is 1.65 bits per heavy atom. The molecule has 202 valence electrons. The van der Waals surface area contributed by atoms with Gasteiger partial charge in [-0.1, -0.05) is 60.7 Å². The molecule has 0 atom stereocenters. The molecule has 1 saturated heterocycles. The molecule has 0 aliphatic carbocycles. The molecular weight excluding hydrogens is 541 g/mol. The topological polar surface area (TPSA) is 75.7 Å². The van der Waals surface area contributed by atoms with E-state index in [1.54, 1.807) is 24.3 Å². The number of nitrogens with one attached hydrogen (secondary N) is 1. The second-order valence-electron chi connectivity index (χ2n) is 8.89. The highest BCUT2D eigenvalue weighted by atomic mass is 32.2. The van der Waals surface area contributed by atoms with Gasteiger partial charge >= 0.3 is 6.18 Å². The third-order valence-corrected chi connectivity index (χ3v) is 7.01. The summed E-state index contributed by atoms with van der Waals surface area (Å²) in [5.74, 6) is -0.828. The molecule has 1 heterocycles. The van der Waals surface area contributed by atoms with Gasteiger partial charge in [-0.2, -0.15) is 13.2 Å². The number of halogens is 3. The highest BCUT2D eigenvalue weighted by molar-refractivity contribution is 8.18. The van der Waals surface area contributed by atoms with Gasteiger partial charge in [-0.05, 0) is 70.1 Å². The third-order valence-electron chi connectivity index (χ3n) is 6.10. The molecule has 4 aromatic carbocycles. The number of nitrogens with zero attached hydrogens (tertiary/aromatic N) is 1. The molecule has 10 heteroatoms. The zero-order valence-electron chi connectivity index (χ0n) is 20.8. The van der Waals surface area contributed by atoms with E-state index < -0.39 is 35.3 Å². The zero-order chi connectivity index (χ0) is 28.3. The van der Waals surface area contributed by atoms with Crippen LogP contribution in [0.15, 0.2) is 95.9 Å². The molecule has 3 amide bonds. The van der Waals surface area contributed by atoms with Crippen molar-refractivity contribution in [1.82, 2.24) is 4.90 Å². The van der Waals surface area contributed by atoms with Crippen LogP contribution < -0.4 is 10.1 Å². The smallest absolute Gasteiger partial charge is 0.416 e. The summed E-state index contributed by atoms with van der Waals surface area (Å²) in [6.07, 6.45) is -3.04. The molecule has 1 aliphatic rings. The van der Waals surface area contributed by atoms with Crippen molar-refractivity contribution in [1.29, 1.82) is 0 Å². The van der Waals surface area contributed by atoms with Gasteiger partial charge in [-0.3, -0.25) is 19.3 Å². The van der Waals surface area contributed by atoms with Crippen molar-refractivity contribution in [2.24, 2.45) is 0 Å². The lowest BCUT2D eigenvalue weighted by atomic mass is 10.1. The van der Waals surface area contributed by atoms with Gasteiger partial charge < -0.3 is 10.1 Å². The molecule has 1 aliphatic heterocycles. The van der Waals surface area contributed by atoms with Gasteiger partial charge in [0.2, 0.25) is 5.91 Å². The molecule has 0 spiro atoms. The number of amides is 3. The van der Waals surface area contributed by atoms with Crippen molar-refractivity contribution in [2.45, 2.75) is 12.8 Å². The number of benzene rings is 4. The van der Waals surface area contributed by atoms with Crippen LogP contribution in [0.1, 0.15) is 16.7 Å². The Morgan fingerprint density at radius 3 is 2.42 bits per heavy atom. The predicted octanol–water partition coefficient (Wildman–Crippen LogP) is 7.11. The van der Waals surface area contributed by atoms with E-state index in [2.05, 4.69) is 5.32 Å². The second-order valence-corrected chi connectivity index (χ2v) is 9.88. The summed E-state index contributed by atoms with van der Waals surface area (Å²) in [5, 5.41) is 3.89. The van der Waals surface area contributed by atoms with Crippen LogP contribution in [0.4, 0.5) is 23.7 Å². The molecular formula is C30H21F3N2O4S. The van der Waals surface area contributed by atoms with Crippen LogP contribution in [0.3, 0.4) is 0 Å². The molecule has 1 N–H and O–H groups in total. The highest BCUT2D eigenvalue weighted by Gasteiger charge is 2.36. The van der Waals surface area contributed by atoms with Crippen molar-refractivity contribution >= 4 is 51.4 Å². The Morgan fingerprint density at radius 1 is 0.925 bits per heavy atom. The zero-order valence-corrected chi connectivity index (χ0v) is 21.6. The first kappa shape index (κ1) is 27.0. The fourth-order valence-electron chi connectivity index (χ4n) is 4.14. The number of ether oxygens (including phenoxy) is 1. The van der Waals surface area contributed by atoms with Gasteiger partial charge in [-0.25, -0.2) is 0 Å². The van der Waals surface area contributed by atoms with Gasteiger partial charge in [0.15, 0.2) is 0 Å². The molecule has 0 saturated carbocycles. The minimum atomic E-state index is -4.57. The molecule has 0 unspecified atom stereocenters. The number of alkyl halides is 3. The summed E-state index contributed by atoms with van der Waals surface area (Å²) < 4.78 is 44.7. The lowest BCUT2D eigenvalue weighted by Gasteiger charge is -2.13. The fraction of sp³-hybridized carbons (Fsp3) is 0.100. The first-order valence-electron chi connectivity index (χ1n) is 12.1. The quantitative estimate of drug-likeness (QED) is 0.243. The van der Waals surface area contributed by atoms with Gasteiger partial charge in [0.1, 0.15) is 18.9 Å². The molecule has 5 rings (SSSR count). The van der Waals surface area contributed by atoms with E-state index in [4.69, 9.17) is 4.74 Å². The molecule has 0 radical (unpaired) electrons. The number of fused-ring (bicyclic) bond motifs is 1. The maximum absolute atomic E-state index is 12.9. The van der Waals surface area contributed by atoms with Crippen LogP contribution in [0, 0.1) is 0 Å². The Kier molecular flexibility index (Phi) is 7.61. The highest BCUT2D eigenvalue weighted by Crippen LogP contribution is 2.33. The Hall–Kier alpha value is -4.57. The Labute approximate surface area is 231 Å². The van der Waals surface area contributed by atoms with Gasteiger partial charge in [0.05, 0.1) is 10.5 Å². The first-order chi connectivity index (χ1) is 19.2. The number of imide groups is 1. The number of anilines is 1. The van der Waals surface area contributed by atoms with E-state index >= 15 is 0 Å².